The summed E-state index contributed by atoms with van der Waals surface area (Å²) >= 11 is 16.5. The maximum absolute atomic E-state index is 8.83. The van der Waals surface area contributed by atoms with E-state index < -0.39 is 0 Å². The average molecular weight is 256 g/mol. The minimum Gasteiger partial charge on any atom is -0.192 e. The van der Waals surface area contributed by atoms with Crippen LogP contribution in [0.5, 0.6) is 0 Å². The molecule has 0 fully saturated rings. The lowest BCUT2D eigenvalue weighted by atomic mass is 10.1. The van der Waals surface area contributed by atoms with Gasteiger partial charge in [0, 0.05) is 19.6 Å². The molecule has 0 heterocycles. The van der Waals surface area contributed by atoms with Crippen LogP contribution in [0.15, 0.2) is 19.6 Å². The highest BCUT2D eigenvalue weighted by atomic mass is 32.1. The van der Waals surface area contributed by atoms with E-state index in [-0.39, 0.29) is 11.1 Å². The van der Waals surface area contributed by atoms with Gasteiger partial charge in [0.2, 0.25) is 0 Å². The Kier molecular flexibility index (Phi) is 3.68. The third-order valence-electron chi connectivity index (χ3n) is 1.62. The van der Waals surface area contributed by atoms with Crippen LogP contribution in [-0.2, 0) is 0 Å². The molecule has 6 heteroatoms. The van der Waals surface area contributed by atoms with E-state index in [1.165, 1.54) is 0 Å². The van der Waals surface area contributed by atoms with Crippen LogP contribution in [0.1, 0.15) is 11.1 Å². The molecule has 0 aliphatic heterocycles. The molecule has 1 aromatic rings. The first-order chi connectivity index (χ1) is 6.54. The maximum Gasteiger partial charge on any atom is 0.102 e. The monoisotopic (exact) mass is 256 g/mol. The molecule has 0 spiro atoms. The lowest BCUT2D eigenvalue weighted by Crippen LogP contribution is -1.92. The van der Waals surface area contributed by atoms with Gasteiger partial charge < -0.3 is 0 Å². The molecule has 70 valence electrons. The third-order valence-corrected chi connectivity index (χ3v) is 3.94. The average Bonchev–Trinajstić information content (AvgIpc) is 2.20. The molecule has 0 bridgehead atoms. The van der Waals surface area contributed by atoms with Crippen LogP contribution in [-0.4, -0.2) is 0 Å². The first-order valence-electron chi connectivity index (χ1n) is 3.34. The van der Waals surface area contributed by atoms with Gasteiger partial charge in [0.15, 0.2) is 0 Å². The molecule has 2 nitrogen and oxygen atoms in total. The van der Waals surface area contributed by atoms with E-state index in [1.54, 1.807) is 0 Å². The van der Waals surface area contributed by atoms with E-state index in [1.807, 2.05) is 12.1 Å². The number of nitriles is 2. The summed E-state index contributed by atoms with van der Waals surface area (Å²) in [7, 11) is 0. The van der Waals surface area contributed by atoms with E-state index in [0.717, 1.165) is 0 Å². The SMILES string of the molecule is N#Cc1c(S)c(S)c(S)c(S)c1C#N. The number of nitrogens with zero attached hydrogens (tertiary/aromatic N) is 2. The van der Waals surface area contributed by atoms with Gasteiger partial charge in [-0.15, -0.1) is 50.5 Å². The fourth-order valence-corrected chi connectivity index (χ4v) is 2.09. The summed E-state index contributed by atoms with van der Waals surface area (Å²) in [4.78, 5) is 1.62. The minimum absolute atomic E-state index is 0.184. The minimum atomic E-state index is 0.184. The quantitative estimate of drug-likeness (QED) is 0.539. The first-order valence-corrected chi connectivity index (χ1v) is 5.13. The van der Waals surface area contributed by atoms with Crippen LogP contribution in [0, 0.1) is 22.7 Å². The van der Waals surface area contributed by atoms with E-state index in [9.17, 15) is 0 Å². The second-order valence-corrected chi connectivity index (χ2v) is 4.16. The molecule has 0 aromatic heterocycles. The van der Waals surface area contributed by atoms with Crippen molar-refractivity contribution in [3.8, 4) is 12.1 Å². The molecular weight excluding hydrogens is 252 g/mol. The van der Waals surface area contributed by atoms with Gasteiger partial charge in [-0.05, 0) is 0 Å². The highest BCUT2D eigenvalue weighted by Crippen LogP contribution is 2.36. The fraction of sp³-hybridized carbons (Fsp3) is 0. The van der Waals surface area contributed by atoms with Crippen molar-refractivity contribution >= 4 is 50.5 Å². The summed E-state index contributed by atoms with van der Waals surface area (Å²) in [6.45, 7) is 0. The molecular formula is C8H4N2S4. The molecule has 0 aliphatic rings. The molecule has 0 atom stereocenters. The van der Waals surface area contributed by atoms with E-state index in [0.29, 0.717) is 19.6 Å². The molecule has 0 amide bonds. The van der Waals surface area contributed by atoms with Gasteiger partial charge in [-0.3, -0.25) is 0 Å². The van der Waals surface area contributed by atoms with Crippen molar-refractivity contribution < 1.29 is 0 Å². The number of benzene rings is 1. The Morgan fingerprint density at radius 1 is 0.643 bits per heavy atom. The Morgan fingerprint density at radius 3 is 1.14 bits per heavy atom. The van der Waals surface area contributed by atoms with E-state index in [2.05, 4.69) is 50.5 Å². The largest absolute Gasteiger partial charge is 0.192 e. The van der Waals surface area contributed by atoms with Gasteiger partial charge in [-0.2, -0.15) is 10.5 Å². The Balaban J connectivity index is 3.79. The zero-order valence-electron chi connectivity index (χ0n) is 6.68. The molecule has 0 N–H and O–H groups in total. The van der Waals surface area contributed by atoms with Crippen molar-refractivity contribution in [2.75, 3.05) is 0 Å². The number of rotatable bonds is 0. The van der Waals surface area contributed by atoms with Crippen molar-refractivity contribution in [1.29, 1.82) is 10.5 Å². The Labute approximate surface area is 104 Å². The number of thiol groups is 4. The van der Waals surface area contributed by atoms with Crippen LogP contribution < -0.4 is 0 Å². The maximum atomic E-state index is 8.83. The molecule has 0 saturated heterocycles. The smallest absolute Gasteiger partial charge is 0.102 e. The lowest BCUT2D eigenvalue weighted by Gasteiger charge is -2.09. The molecule has 1 aromatic carbocycles. The third kappa shape index (κ3) is 1.71. The Morgan fingerprint density at radius 2 is 0.929 bits per heavy atom. The number of hydrogen-bond acceptors (Lipinski definition) is 6. The van der Waals surface area contributed by atoms with Crippen molar-refractivity contribution in [1.82, 2.24) is 0 Å². The summed E-state index contributed by atoms with van der Waals surface area (Å²) in [5, 5.41) is 17.7. The zero-order chi connectivity index (χ0) is 10.9. The lowest BCUT2D eigenvalue weighted by molar-refractivity contribution is 1.02. The van der Waals surface area contributed by atoms with Crippen LogP contribution in [0.25, 0.3) is 0 Å². The summed E-state index contributed by atoms with van der Waals surface area (Å²) in [5.74, 6) is 0. The summed E-state index contributed by atoms with van der Waals surface area (Å²) in [6.07, 6.45) is 0. The highest BCUT2D eigenvalue weighted by molar-refractivity contribution is 7.86. The second-order valence-electron chi connectivity index (χ2n) is 2.37. The highest BCUT2D eigenvalue weighted by Gasteiger charge is 2.16. The zero-order valence-corrected chi connectivity index (χ0v) is 10.3. The van der Waals surface area contributed by atoms with Crippen molar-refractivity contribution in [2.45, 2.75) is 19.6 Å². The van der Waals surface area contributed by atoms with Crippen LogP contribution in [0.3, 0.4) is 0 Å². The van der Waals surface area contributed by atoms with Gasteiger partial charge >= 0.3 is 0 Å². The van der Waals surface area contributed by atoms with E-state index in [4.69, 9.17) is 10.5 Å². The van der Waals surface area contributed by atoms with Gasteiger partial charge in [-0.25, -0.2) is 0 Å². The van der Waals surface area contributed by atoms with Crippen LogP contribution in [0.4, 0.5) is 0 Å². The van der Waals surface area contributed by atoms with Gasteiger partial charge in [0.1, 0.15) is 12.1 Å². The standard InChI is InChI=1S/C8H4N2S4/c9-1-3-4(2-10)6(12)8(14)7(13)5(3)11/h11-14H. The predicted octanol–water partition coefficient (Wildman–Crippen LogP) is 2.58. The van der Waals surface area contributed by atoms with Crippen molar-refractivity contribution in [2.24, 2.45) is 0 Å². The molecule has 0 aliphatic carbocycles. The van der Waals surface area contributed by atoms with Crippen molar-refractivity contribution in [3.05, 3.63) is 11.1 Å². The van der Waals surface area contributed by atoms with Crippen molar-refractivity contribution in [3.63, 3.8) is 0 Å². The summed E-state index contributed by atoms with van der Waals surface area (Å²) < 4.78 is 0. The topological polar surface area (TPSA) is 47.6 Å². The Bertz CT molecular complexity index is 437. The van der Waals surface area contributed by atoms with Gasteiger partial charge in [0.05, 0.1) is 11.1 Å². The molecule has 0 radical (unpaired) electrons. The summed E-state index contributed by atoms with van der Waals surface area (Å²) in [6, 6.07) is 3.79. The summed E-state index contributed by atoms with van der Waals surface area (Å²) in [5.41, 5.74) is 0.368. The first kappa shape index (κ1) is 11.7. The normalized spacial score (nSPS) is 9.29. The molecule has 14 heavy (non-hydrogen) atoms. The number of hydrogen-bond donors (Lipinski definition) is 4. The van der Waals surface area contributed by atoms with Gasteiger partial charge in [0.25, 0.3) is 0 Å². The van der Waals surface area contributed by atoms with Crippen LogP contribution in [0.2, 0.25) is 0 Å². The van der Waals surface area contributed by atoms with E-state index >= 15 is 0 Å². The Hall–Kier alpha value is -0.400. The van der Waals surface area contributed by atoms with Crippen LogP contribution >= 0.6 is 50.5 Å². The van der Waals surface area contributed by atoms with Gasteiger partial charge in [-0.1, -0.05) is 0 Å². The predicted molar refractivity (Wildman–Crippen MR) is 64.9 cm³/mol. The molecule has 0 saturated carbocycles. The molecule has 1 rings (SSSR count). The fourth-order valence-electron chi connectivity index (χ4n) is 0.916. The molecule has 0 unspecified atom stereocenters. The second kappa shape index (κ2) is 4.41.